The molecule has 7 heavy (non-hydrogen) atoms. The van der Waals surface area contributed by atoms with E-state index in [1.165, 1.54) is 0 Å². The molecule has 0 fully saturated rings. The molecule has 0 saturated carbocycles. The molecule has 0 aromatic heterocycles. The van der Waals surface area contributed by atoms with Crippen molar-refractivity contribution in [3.05, 3.63) is 0 Å². The number of phosphoric acid groups is 1. The van der Waals surface area contributed by atoms with Crippen molar-refractivity contribution in [3.63, 3.8) is 0 Å². The molecule has 0 heterocycles. The molecule has 0 spiro atoms. The van der Waals surface area contributed by atoms with Crippen LogP contribution >= 0.6 is 7.82 Å². The number of hydrogen-bond acceptors (Lipinski definition) is 1. The molecule has 3 N–H and O–H groups in total. The average molecular weight is 180 g/mol. The van der Waals surface area contributed by atoms with Gasteiger partial charge in [0, 0.05) is 1.43 Å². The Morgan fingerprint density at radius 3 is 1.14 bits per heavy atom. The first-order valence-corrected chi connectivity index (χ1v) is 2.35. The van der Waals surface area contributed by atoms with Gasteiger partial charge in [0.1, 0.15) is 0 Å². The summed E-state index contributed by atoms with van der Waals surface area (Å²) in [5.41, 5.74) is 0. The molecule has 0 atom stereocenters. The summed E-state index contributed by atoms with van der Waals surface area (Å²) < 4.78 is 8.88. The minimum absolute atomic E-state index is 0. The van der Waals surface area contributed by atoms with E-state index in [1.807, 2.05) is 0 Å². The second kappa shape index (κ2) is 7.49. The molecule has 0 aliphatic rings. The molecule has 0 saturated heterocycles. The standard InChI is InChI=1S/2K.H3O4P.3H/c;;1-5(2,3)4;;;/h;;(H3,1,2,3,4);;;/i;;;1+1;;. The van der Waals surface area contributed by atoms with Crippen molar-refractivity contribution in [1.29, 1.82) is 0 Å². The topological polar surface area (TPSA) is 77.8 Å². The molecule has 0 aromatic rings. The summed E-state index contributed by atoms with van der Waals surface area (Å²) in [4.78, 5) is 21.6. The molecule has 0 amide bonds. The third kappa shape index (κ3) is 44.7. The van der Waals surface area contributed by atoms with Crippen LogP contribution in [0, 0.1) is 0 Å². The molecule has 0 rings (SSSR count). The fraction of sp³-hybridized carbons (Fsp3) is 0. The van der Waals surface area contributed by atoms with Crippen LogP contribution in [0.15, 0.2) is 0 Å². The first-order chi connectivity index (χ1) is 2.00. The van der Waals surface area contributed by atoms with Crippen LogP contribution in [0.1, 0.15) is 1.43 Å². The maximum atomic E-state index is 8.88. The fourth-order valence-corrected chi connectivity index (χ4v) is 0. The Bertz CT molecular complexity index is 60.2. The predicted octanol–water partition coefficient (Wildman–Crippen LogP) is -2.11. The van der Waals surface area contributed by atoms with Gasteiger partial charge in [-0.3, -0.25) is 0 Å². The zero-order valence-electron chi connectivity index (χ0n) is 3.20. The normalized spacial score (nSPS) is 8.43. The Hall–Kier alpha value is 3.38. The van der Waals surface area contributed by atoms with E-state index < -0.39 is 7.82 Å². The van der Waals surface area contributed by atoms with E-state index in [-0.39, 0.29) is 104 Å². The predicted molar refractivity (Wildman–Crippen MR) is 29.7 cm³/mol. The quantitative estimate of drug-likeness (QED) is 0.294. The zero-order valence-corrected chi connectivity index (χ0v) is 3.09. The average Bonchev–Trinajstić information content (AvgIpc) is 0.722. The molecule has 0 unspecified atom stereocenters. The number of rotatable bonds is 0. The van der Waals surface area contributed by atoms with Gasteiger partial charge >= 0.3 is 111 Å². The van der Waals surface area contributed by atoms with Gasteiger partial charge in [0.15, 0.2) is 0 Å². The minimum atomic E-state index is -4.64. The zero-order chi connectivity index (χ0) is 4.50. The van der Waals surface area contributed by atoms with Crippen molar-refractivity contribution in [1.82, 2.24) is 0 Å². The maximum absolute atomic E-state index is 8.88. The van der Waals surface area contributed by atoms with E-state index in [4.69, 9.17) is 19.2 Å². The number of hydrogen-bond donors (Lipinski definition) is 3. The van der Waals surface area contributed by atoms with Crippen molar-refractivity contribution >= 4 is 111 Å². The van der Waals surface area contributed by atoms with Crippen LogP contribution in [-0.2, 0) is 4.57 Å². The summed E-state index contributed by atoms with van der Waals surface area (Å²) in [6.45, 7) is 0. The summed E-state index contributed by atoms with van der Waals surface area (Å²) in [7, 11) is -4.64. The van der Waals surface area contributed by atoms with Gasteiger partial charge in [-0.15, -0.1) is 0 Å². The first kappa shape index (κ1) is 16.8. The van der Waals surface area contributed by atoms with Gasteiger partial charge in [0.2, 0.25) is 0 Å². The molecule has 0 aliphatic carbocycles. The Kier molecular flexibility index (Phi) is 17.9. The van der Waals surface area contributed by atoms with Crippen LogP contribution in [0.4, 0.5) is 0 Å². The summed E-state index contributed by atoms with van der Waals surface area (Å²) >= 11 is 0. The molecule has 4 nitrogen and oxygen atoms in total. The molecule has 0 aliphatic heterocycles. The Morgan fingerprint density at radius 1 is 1.14 bits per heavy atom. The Morgan fingerprint density at radius 2 is 1.14 bits per heavy atom. The van der Waals surface area contributed by atoms with E-state index in [0.717, 1.165) is 0 Å². The van der Waals surface area contributed by atoms with Gasteiger partial charge in [-0.2, -0.15) is 0 Å². The second-order valence-corrected chi connectivity index (χ2v) is 1.54. The molecule has 0 bridgehead atoms. The molecule has 37 valence electrons. The summed E-state index contributed by atoms with van der Waals surface area (Å²) in [5, 5.41) is 0. The van der Waals surface area contributed by atoms with Gasteiger partial charge in [0.25, 0.3) is 0 Å². The van der Waals surface area contributed by atoms with Crippen molar-refractivity contribution in [2.24, 2.45) is 0 Å². The Balaban J connectivity index is -0.0000000267. The molecule has 7 heteroatoms. The van der Waals surface area contributed by atoms with Crippen LogP contribution in [-0.4, -0.2) is 117 Å². The third-order valence-electron chi connectivity index (χ3n) is 0. The van der Waals surface area contributed by atoms with Crippen LogP contribution in [0.5, 0.6) is 0 Å². The summed E-state index contributed by atoms with van der Waals surface area (Å²) in [5.74, 6) is 0. The van der Waals surface area contributed by atoms with E-state index in [1.54, 1.807) is 0 Å². The van der Waals surface area contributed by atoms with Crippen LogP contribution < -0.4 is 0 Å². The van der Waals surface area contributed by atoms with Crippen LogP contribution in [0.3, 0.4) is 0 Å². The fourth-order valence-electron chi connectivity index (χ4n) is 0. The van der Waals surface area contributed by atoms with E-state index >= 15 is 0 Å². The van der Waals surface area contributed by atoms with Crippen molar-refractivity contribution in [2.75, 3.05) is 0 Å². The van der Waals surface area contributed by atoms with Crippen molar-refractivity contribution in [3.8, 4) is 0 Å². The van der Waals surface area contributed by atoms with Gasteiger partial charge in [-0.1, -0.05) is 0 Å². The van der Waals surface area contributed by atoms with Crippen molar-refractivity contribution < 1.29 is 20.7 Å². The van der Waals surface area contributed by atoms with Gasteiger partial charge in [-0.05, 0) is 0 Å². The third-order valence-corrected chi connectivity index (χ3v) is 0. The SMILES string of the molecule is O=P(O)(O)O.[2H].[KH].[KH]. The van der Waals surface area contributed by atoms with E-state index in [9.17, 15) is 0 Å². The van der Waals surface area contributed by atoms with E-state index in [2.05, 4.69) is 0 Å². The molecule has 0 aromatic carbocycles. The van der Waals surface area contributed by atoms with Gasteiger partial charge in [0.05, 0.1) is 0 Å². The van der Waals surface area contributed by atoms with Gasteiger partial charge in [-0.25, -0.2) is 4.57 Å². The Labute approximate surface area is 128 Å². The summed E-state index contributed by atoms with van der Waals surface area (Å²) in [6.07, 6.45) is 0. The van der Waals surface area contributed by atoms with Gasteiger partial charge < -0.3 is 14.7 Å². The molecular weight excluding hydrogens is 173 g/mol. The monoisotopic (exact) mass is 180 g/mol. The van der Waals surface area contributed by atoms with Crippen LogP contribution in [0.2, 0.25) is 0 Å². The van der Waals surface area contributed by atoms with E-state index in [0.29, 0.717) is 0 Å². The summed E-state index contributed by atoms with van der Waals surface area (Å²) in [6, 6.07) is 0. The molecular formula is H6K2O4P. The second-order valence-electron chi connectivity index (χ2n) is 0.513. The molecule has 1 radical (unpaired) electrons. The van der Waals surface area contributed by atoms with Crippen molar-refractivity contribution in [2.45, 2.75) is 0 Å². The first-order valence-electron chi connectivity index (χ1n) is 0.783. The van der Waals surface area contributed by atoms with Crippen LogP contribution in [0.25, 0.3) is 0 Å².